The Morgan fingerprint density at radius 2 is 1.96 bits per heavy atom. The molecule has 27 heavy (non-hydrogen) atoms. The fraction of sp³-hybridized carbons (Fsp3) is 0.263. The number of para-hydroxylation sites is 1. The number of nitro benzene ring substituents is 1. The van der Waals surface area contributed by atoms with Crippen molar-refractivity contribution in [2.45, 2.75) is 31.1 Å². The first-order valence-corrected chi connectivity index (χ1v) is 10.3. The summed E-state index contributed by atoms with van der Waals surface area (Å²) in [5, 5.41) is 17.2. The minimum Gasteiger partial charge on any atom is -0.331 e. The molecule has 0 saturated heterocycles. The summed E-state index contributed by atoms with van der Waals surface area (Å²) in [7, 11) is -4.01. The standard InChI is InChI=1S/C19H21N3O4S/c1-2-3-9-15-18(27(20,25)26)12-11-17(22(23)24)19(15)21-13-6-8-14-7-4-5-10-16(14)21/h4-8,10-12H,2-3,9,13H2,1H3,(H2,20,25,26). The molecule has 0 unspecified atom stereocenters. The summed E-state index contributed by atoms with van der Waals surface area (Å²) >= 11 is 0. The third-order valence-corrected chi connectivity index (χ3v) is 5.58. The molecule has 2 aromatic carbocycles. The molecule has 1 aliphatic heterocycles. The number of rotatable bonds is 6. The zero-order valence-corrected chi connectivity index (χ0v) is 15.8. The van der Waals surface area contributed by atoms with Crippen LogP contribution in [-0.4, -0.2) is 19.9 Å². The maximum Gasteiger partial charge on any atom is 0.293 e. The van der Waals surface area contributed by atoms with Gasteiger partial charge in [-0.3, -0.25) is 10.1 Å². The van der Waals surface area contributed by atoms with Gasteiger partial charge in [0, 0.05) is 23.9 Å². The lowest BCUT2D eigenvalue weighted by Crippen LogP contribution is -2.25. The summed E-state index contributed by atoms with van der Waals surface area (Å²) in [5.74, 6) is 0. The van der Waals surface area contributed by atoms with E-state index in [-0.39, 0.29) is 10.6 Å². The fourth-order valence-corrected chi connectivity index (χ4v) is 4.19. The summed E-state index contributed by atoms with van der Waals surface area (Å²) in [6, 6.07) is 10.00. The zero-order chi connectivity index (χ0) is 19.6. The number of sulfonamides is 1. The van der Waals surface area contributed by atoms with E-state index in [0.717, 1.165) is 17.7 Å². The highest BCUT2D eigenvalue weighted by Crippen LogP contribution is 2.42. The van der Waals surface area contributed by atoms with Crippen LogP contribution in [0.25, 0.3) is 6.08 Å². The van der Waals surface area contributed by atoms with Crippen LogP contribution >= 0.6 is 0 Å². The van der Waals surface area contributed by atoms with Gasteiger partial charge in [-0.15, -0.1) is 0 Å². The molecular formula is C19H21N3O4S. The Morgan fingerprint density at radius 1 is 1.22 bits per heavy atom. The van der Waals surface area contributed by atoms with Gasteiger partial charge in [0.1, 0.15) is 5.69 Å². The summed E-state index contributed by atoms with van der Waals surface area (Å²) in [6.45, 7) is 2.39. The Balaban J connectivity index is 2.32. The van der Waals surface area contributed by atoms with Crippen LogP contribution in [-0.2, 0) is 16.4 Å². The summed E-state index contributed by atoms with van der Waals surface area (Å²) < 4.78 is 24.3. The lowest BCUT2D eigenvalue weighted by Gasteiger charge is -2.30. The molecule has 142 valence electrons. The SMILES string of the molecule is CCCCc1c(S(N)(=O)=O)ccc([N+](=O)[O-])c1N1CC=Cc2ccccc21. The highest BCUT2D eigenvalue weighted by Gasteiger charge is 2.30. The van der Waals surface area contributed by atoms with Crippen molar-refractivity contribution >= 4 is 33.2 Å². The van der Waals surface area contributed by atoms with Gasteiger partial charge in [0.05, 0.1) is 9.82 Å². The van der Waals surface area contributed by atoms with E-state index < -0.39 is 14.9 Å². The number of hydrogen-bond donors (Lipinski definition) is 1. The van der Waals surface area contributed by atoms with Crippen LogP contribution in [0.4, 0.5) is 17.1 Å². The van der Waals surface area contributed by atoms with Gasteiger partial charge in [-0.25, -0.2) is 13.6 Å². The molecule has 0 amide bonds. The molecule has 0 bridgehead atoms. The van der Waals surface area contributed by atoms with Crippen LogP contribution in [0.2, 0.25) is 0 Å². The smallest absolute Gasteiger partial charge is 0.293 e. The third-order valence-electron chi connectivity index (χ3n) is 4.58. The van der Waals surface area contributed by atoms with E-state index in [4.69, 9.17) is 5.14 Å². The average Bonchev–Trinajstić information content (AvgIpc) is 2.64. The van der Waals surface area contributed by atoms with E-state index in [1.54, 1.807) is 4.90 Å². The maximum absolute atomic E-state index is 12.2. The lowest BCUT2D eigenvalue weighted by atomic mass is 10.0. The molecule has 2 aromatic rings. The number of nitrogens with two attached hydrogens (primary N) is 1. The van der Waals surface area contributed by atoms with E-state index >= 15 is 0 Å². The van der Waals surface area contributed by atoms with Crippen molar-refractivity contribution in [1.82, 2.24) is 0 Å². The third kappa shape index (κ3) is 3.72. The van der Waals surface area contributed by atoms with Gasteiger partial charge >= 0.3 is 0 Å². The van der Waals surface area contributed by atoms with Gasteiger partial charge in [0.15, 0.2) is 0 Å². The Morgan fingerprint density at radius 3 is 2.63 bits per heavy atom. The Labute approximate surface area is 158 Å². The second kappa shape index (κ2) is 7.50. The number of fused-ring (bicyclic) bond motifs is 1. The van der Waals surface area contributed by atoms with Crippen molar-refractivity contribution in [2.24, 2.45) is 5.14 Å². The molecular weight excluding hydrogens is 366 g/mol. The first kappa shape index (κ1) is 19.1. The number of primary sulfonamides is 1. The number of hydrogen-bond acceptors (Lipinski definition) is 5. The van der Waals surface area contributed by atoms with Gasteiger partial charge in [0.2, 0.25) is 10.0 Å². The highest BCUT2D eigenvalue weighted by molar-refractivity contribution is 7.89. The quantitative estimate of drug-likeness (QED) is 0.600. The fourth-order valence-electron chi connectivity index (χ4n) is 3.39. The number of benzene rings is 2. The van der Waals surface area contributed by atoms with Crippen LogP contribution in [0.15, 0.2) is 47.4 Å². The molecule has 8 heteroatoms. The first-order valence-electron chi connectivity index (χ1n) is 8.70. The van der Waals surface area contributed by atoms with Crippen molar-refractivity contribution in [3.8, 4) is 0 Å². The van der Waals surface area contributed by atoms with Gasteiger partial charge in [-0.2, -0.15) is 0 Å². The van der Waals surface area contributed by atoms with E-state index in [0.29, 0.717) is 30.6 Å². The molecule has 7 nitrogen and oxygen atoms in total. The summed E-state index contributed by atoms with van der Waals surface area (Å²) in [4.78, 5) is 13.0. The minimum atomic E-state index is -4.01. The lowest BCUT2D eigenvalue weighted by molar-refractivity contribution is -0.384. The van der Waals surface area contributed by atoms with Gasteiger partial charge in [0.25, 0.3) is 5.69 Å². The van der Waals surface area contributed by atoms with Gasteiger partial charge in [-0.05, 0) is 30.5 Å². The van der Waals surface area contributed by atoms with Crippen molar-refractivity contribution < 1.29 is 13.3 Å². The Bertz CT molecular complexity index is 1020. The molecule has 0 radical (unpaired) electrons. The molecule has 3 rings (SSSR count). The summed E-state index contributed by atoms with van der Waals surface area (Å²) in [6.07, 6.45) is 5.76. The maximum atomic E-state index is 12.2. The Kier molecular flexibility index (Phi) is 5.29. The zero-order valence-electron chi connectivity index (χ0n) is 15.0. The van der Waals surface area contributed by atoms with Crippen LogP contribution in [0, 0.1) is 10.1 Å². The minimum absolute atomic E-state index is 0.0522. The van der Waals surface area contributed by atoms with Crippen molar-refractivity contribution in [1.29, 1.82) is 0 Å². The Hall–Kier alpha value is -2.71. The largest absolute Gasteiger partial charge is 0.331 e. The van der Waals surface area contributed by atoms with Crippen molar-refractivity contribution in [2.75, 3.05) is 11.4 Å². The topological polar surface area (TPSA) is 107 Å². The second-order valence-electron chi connectivity index (χ2n) is 6.39. The van der Waals surface area contributed by atoms with Gasteiger partial charge < -0.3 is 4.90 Å². The normalized spacial score (nSPS) is 13.5. The molecule has 0 aliphatic carbocycles. The van der Waals surface area contributed by atoms with E-state index in [1.807, 2.05) is 43.3 Å². The number of anilines is 2. The molecule has 0 aromatic heterocycles. The van der Waals surface area contributed by atoms with Crippen LogP contribution in [0.3, 0.4) is 0 Å². The predicted octanol–water partition coefficient (Wildman–Crippen LogP) is 3.75. The number of nitrogens with zero attached hydrogens (tertiary/aromatic N) is 2. The molecule has 0 spiro atoms. The number of nitro groups is 1. The van der Waals surface area contributed by atoms with Crippen molar-refractivity contribution in [3.05, 3.63) is 63.7 Å². The van der Waals surface area contributed by atoms with Gasteiger partial charge in [-0.1, -0.05) is 43.7 Å². The second-order valence-corrected chi connectivity index (χ2v) is 7.92. The molecule has 1 aliphatic rings. The molecule has 0 fully saturated rings. The monoisotopic (exact) mass is 387 g/mol. The van der Waals surface area contributed by atoms with Crippen LogP contribution in [0.5, 0.6) is 0 Å². The van der Waals surface area contributed by atoms with Crippen LogP contribution in [0.1, 0.15) is 30.9 Å². The number of unbranched alkanes of at least 4 members (excludes halogenated alkanes) is 1. The molecule has 0 atom stereocenters. The van der Waals surface area contributed by atoms with E-state index in [1.165, 1.54) is 12.1 Å². The molecule has 2 N–H and O–H groups in total. The van der Waals surface area contributed by atoms with Crippen LogP contribution < -0.4 is 10.0 Å². The molecule has 0 saturated carbocycles. The van der Waals surface area contributed by atoms with E-state index in [2.05, 4.69) is 0 Å². The highest BCUT2D eigenvalue weighted by atomic mass is 32.2. The predicted molar refractivity (Wildman–Crippen MR) is 106 cm³/mol. The summed E-state index contributed by atoms with van der Waals surface area (Å²) in [5.41, 5.74) is 2.29. The van der Waals surface area contributed by atoms with E-state index in [9.17, 15) is 18.5 Å². The molecule has 1 heterocycles. The average molecular weight is 387 g/mol. The van der Waals surface area contributed by atoms with Crippen molar-refractivity contribution in [3.63, 3.8) is 0 Å². The first-order chi connectivity index (χ1) is 12.8.